The average Bonchev–Trinajstić information content (AvgIpc) is 1.86. The van der Waals surface area contributed by atoms with Gasteiger partial charge in [0.05, 0.1) is 12.7 Å². The molecule has 3 heteroatoms. The Labute approximate surface area is 61.1 Å². The third-order valence-electron chi connectivity index (χ3n) is 2.36. The van der Waals surface area contributed by atoms with Gasteiger partial charge in [0.15, 0.2) is 0 Å². The lowest BCUT2D eigenvalue weighted by molar-refractivity contribution is -0.0283. The number of hydrogen-bond donors (Lipinski definition) is 3. The third-order valence-corrected chi connectivity index (χ3v) is 2.36. The van der Waals surface area contributed by atoms with E-state index in [2.05, 4.69) is 5.32 Å². The van der Waals surface area contributed by atoms with Crippen molar-refractivity contribution in [2.75, 3.05) is 13.2 Å². The Balaban J connectivity index is 2.43. The summed E-state index contributed by atoms with van der Waals surface area (Å²) in [6, 6.07) is 0. The van der Waals surface area contributed by atoms with E-state index in [1.165, 1.54) is 0 Å². The van der Waals surface area contributed by atoms with Gasteiger partial charge in [-0.15, -0.1) is 0 Å². The smallest absolute Gasteiger partial charge is 0.0828 e. The Morgan fingerprint density at radius 2 is 2.30 bits per heavy atom. The second-order valence-electron chi connectivity index (χ2n) is 3.46. The molecule has 1 rings (SSSR count). The number of aliphatic hydroxyl groups excluding tert-OH is 2. The van der Waals surface area contributed by atoms with E-state index in [0.29, 0.717) is 0 Å². The van der Waals surface area contributed by atoms with Crippen LogP contribution in [0.5, 0.6) is 0 Å². The molecule has 3 N–H and O–H groups in total. The predicted octanol–water partition coefficient (Wildman–Crippen LogP) is -0.662. The van der Waals surface area contributed by atoms with Crippen molar-refractivity contribution in [1.82, 2.24) is 5.32 Å². The van der Waals surface area contributed by atoms with E-state index in [9.17, 15) is 5.11 Å². The molecule has 1 saturated heterocycles. The van der Waals surface area contributed by atoms with Crippen LogP contribution in [-0.4, -0.2) is 35.0 Å². The van der Waals surface area contributed by atoms with Gasteiger partial charge < -0.3 is 15.5 Å². The van der Waals surface area contributed by atoms with Gasteiger partial charge in [-0.1, -0.05) is 0 Å². The molecular formula is C7H15NO2. The van der Waals surface area contributed by atoms with Crippen molar-refractivity contribution in [2.24, 2.45) is 5.92 Å². The highest BCUT2D eigenvalue weighted by Gasteiger charge is 2.41. The van der Waals surface area contributed by atoms with Gasteiger partial charge in [-0.05, 0) is 13.8 Å². The Morgan fingerprint density at radius 3 is 2.40 bits per heavy atom. The van der Waals surface area contributed by atoms with Crippen LogP contribution >= 0.6 is 0 Å². The Bertz CT molecular complexity index is 125. The Hall–Kier alpha value is -0.120. The van der Waals surface area contributed by atoms with E-state index >= 15 is 0 Å². The van der Waals surface area contributed by atoms with E-state index in [0.717, 1.165) is 6.54 Å². The van der Waals surface area contributed by atoms with Crippen molar-refractivity contribution in [3.8, 4) is 0 Å². The average molecular weight is 145 g/mol. The van der Waals surface area contributed by atoms with E-state index in [-0.39, 0.29) is 18.1 Å². The van der Waals surface area contributed by atoms with Crippen molar-refractivity contribution in [3.05, 3.63) is 0 Å². The van der Waals surface area contributed by atoms with Crippen LogP contribution in [0.1, 0.15) is 13.8 Å². The van der Waals surface area contributed by atoms with Gasteiger partial charge in [0, 0.05) is 18.0 Å². The summed E-state index contributed by atoms with van der Waals surface area (Å²) < 4.78 is 0. The van der Waals surface area contributed by atoms with Crippen LogP contribution in [0.25, 0.3) is 0 Å². The molecule has 1 fully saturated rings. The summed E-state index contributed by atoms with van der Waals surface area (Å²) in [4.78, 5) is 0. The number of rotatable bonds is 2. The maximum Gasteiger partial charge on any atom is 0.0828 e. The van der Waals surface area contributed by atoms with Crippen LogP contribution in [0, 0.1) is 5.92 Å². The van der Waals surface area contributed by atoms with E-state index in [1.54, 1.807) is 0 Å². The van der Waals surface area contributed by atoms with Gasteiger partial charge in [0.2, 0.25) is 0 Å². The molecule has 0 saturated carbocycles. The van der Waals surface area contributed by atoms with Crippen molar-refractivity contribution >= 4 is 0 Å². The first-order chi connectivity index (χ1) is 4.58. The van der Waals surface area contributed by atoms with E-state index in [1.807, 2.05) is 13.8 Å². The van der Waals surface area contributed by atoms with Crippen molar-refractivity contribution in [2.45, 2.75) is 25.5 Å². The van der Waals surface area contributed by atoms with Crippen LogP contribution in [0.3, 0.4) is 0 Å². The molecule has 0 amide bonds. The molecule has 1 heterocycles. The minimum Gasteiger partial charge on any atom is -0.394 e. The molecule has 2 unspecified atom stereocenters. The van der Waals surface area contributed by atoms with Crippen molar-refractivity contribution in [3.63, 3.8) is 0 Å². The summed E-state index contributed by atoms with van der Waals surface area (Å²) in [5.41, 5.74) is 0.00213. The zero-order chi connectivity index (χ0) is 7.78. The summed E-state index contributed by atoms with van der Waals surface area (Å²) in [6.45, 7) is 4.74. The third kappa shape index (κ3) is 1.17. The zero-order valence-corrected chi connectivity index (χ0v) is 6.46. The Morgan fingerprint density at radius 1 is 1.70 bits per heavy atom. The molecule has 3 nitrogen and oxygen atoms in total. The van der Waals surface area contributed by atoms with Crippen LogP contribution < -0.4 is 5.32 Å². The van der Waals surface area contributed by atoms with Crippen LogP contribution in [0.2, 0.25) is 0 Å². The first-order valence-electron chi connectivity index (χ1n) is 3.62. The zero-order valence-electron chi connectivity index (χ0n) is 6.46. The normalized spacial score (nSPS) is 33.0. The predicted molar refractivity (Wildman–Crippen MR) is 38.7 cm³/mol. The van der Waals surface area contributed by atoms with E-state index in [4.69, 9.17) is 5.11 Å². The molecule has 0 aliphatic carbocycles. The van der Waals surface area contributed by atoms with Gasteiger partial charge in [-0.25, -0.2) is 0 Å². The molecule has 0 spiro atoms. The van der Waals surface area contributed by atoms with Gasteiger partial charge in [0.25, 0.3) is 0 Å². The lowest BCUT2D eigenvalue weighted by Gasteiger charge is -2.47. The van der Waals surface area contributed by atoms with Crippen molar-refractivity contribution in [1.29, 1.82) is 0 Å². The highest BCUT2D eigenvalue weighted by Crippen LogP contribution is 2.27. The first kappa shape index (κ1) is 7.98. The molecule has 10 heavy (non-hydrogen) atoms. The maximum atomic E-state index is 9.22. The summed E-state index contributed by atoms with van der Waals surface area (Å²) in [5.74, 6) is 0.206. The second kappa shape index (κ2) is 2.49. The molecule has 60 valence electrons. The highest BCUT2D eigenvalue weighted by molar-refractivity contribution is 4.99. The van der Waals surface area contributed by atoms with Gasteiger partial charge in [0.1, 0.15) is 0 Å². The topological polar surface area (TPSA) is 52.5 Å². The molecule has 0 aromatic carbocycles. The molecule has 0 aromatic rings. The van der Waals surface area contributed by atoms with Crippen LogP contribution in [-0.2, 0) is 0 Å². The largest absolute Gasteiger partial charge is 0.394 e. The number of aliphatic hydroxyl groups is 2. The monoisotopic (exact) mass is 145 g/mol. The number of nitrogens with one attached hydrogen (secondary N) is 1. The molecule has 0 bridgehead atoms. The summed E-state index contributed by atoms with van der Waals surface area (Å²) >= 11 is 0. The minimum absolute atomic E-state index is 0.00213. The fraction of sp³-hybridized carbons (Fsp3) is 1.00. The summed E-state index contributed by atoms with van der Waals surface area (Å²) in [5, 5.41) is 21.0. The molecule has 0 radical (unpaired) electrons. The maximum absolute atomic E-state index is 9.22. The summed E-state index contributed by atoms with van der Waals surface area (Å²) in [7, 11) is 0. The summed E-state index contributed by atoms with van der Waals surface area (Å²) in [6.07, 6.45) is -0.559. The Kier molecular flexibility index (Phi) is 1.99. The SMILES string of the molecule is CC1(C)NCC1C(O)CO. The molecular weight excluding hydrogens is 130 g/mol. The van der Waals surface area contributed by atoms with Gasteiger partial charge in [-0.2, -0.15) is 0 Å². The highest BCUT2D eigenvalue weighted by atomic mass is 16.3. The number of hydrogen-bond acceptors (Lipinski definition) is 3. The van der Waals surface area contributed by atoms with Crippen LogP contribution in [0.4, 0.5) is 0 Å². The van der Waals surface area contributed by atoms with Gasteiger partial charge in [-0.3, -0.25) is 0 Å². The lowest BCUT2D eigenvalue weighted by atomic mass is 9.76. The molecule has 2 atom stereocenters. The van der Waals surface area contributed by atoms with Crippen LogP contribution in [0.15, 0.2) is 0 Å². The van der Waals surface area contributed by atoms with E-state index < -0.39 is 6.10 Å². The fourth-order valence-corrected chi connectivity index (χ4v) is 1.37. The quantitative estimate of drug-likeness (QED) is 0.483. The fourth-order valence-electron chi connectivity index (χ4n) is 1.37. The van der Waals surface area contributed by atoms with Crippen molar-refractivity contribution < 1.29 is 10.2 Å². The minimum atomic E-state index is -0.559. The standard InChI is InChI=1S/C7H15NO2/c1-7(2)5(3-8-7)6(10)4-9/h5-6,8-10H,3-4H2,1-2H3. The lowest BCUT2D eigenvalue weighted by Crippen LogP contribution is -2.65. The second-order valence-corrected chi connectivity index (χ2v) is 3.46. The molecule has 1 aliphatic heterocycles. The molecule has 1 aliphatic rings. The molecule has 0 aromatic heterocycles. The first-order valence-corrected chi connectivity index (χ1v) is 3.62. The van der Waals surface area contributed by atoms with Gasteiger partial charge >= 0.3 is 0 Å².